The summed E-state index contributed by atoms with van der Waals surface area (Å²) in [5, 5.41) is 2.66. The van der Waals surface area contributed by atoms with Crippen LogP contribution in [0, 0.1) is 20.8 Å². The molecule has 0 radical (unpaired) electrons. The smallest absolute Gasteiger partial charge is 0.295 e. The van der Waals surface area contributed by atoms with Crippen molar-refractivity contribution >= 4 is 27.3 Å². The van der Waals surface area contributed by atoms with E-state index < -0.39 is 27.5 Å². The molecule has 0 bridgehead atoms. The lowest BCUT2D eigenvalue weighted by molar-refractivity contribution is -0.116. The van der Waals surface area contributed by atoms with Crippen LogP contribution in [0.4, 0.5) is 11.4 Å². The molecule has 0 aliphatic rings. The molecule has 0 unspecified atom stereocenters. The zero-order valence-electron chi connectivity index (χ0n) is 19.1. The van der Waals surface area contributed by atoms with Crippen molar-refractivity contribution in [1.82, 2.24) is 9.36 Å². The SMILES string of the molecule is Cc1ccc(N([C@H](C)C(=O)Nc2c(C)n(C)n(-c3ccccc3)c2=O)S(C)(=O)=O)cc1C. The van der Waals surface area contributed by atoms with Crippen LogP contribution in [0.5, 0.6) is 0 Å². The Hall–Kier alpha value is -3.33. The van der Waals surface area contributed by atoms with Gasteiger partial charge < -0.3 is 5.32 Å². The van der Waals surface area contributed by atoms with E-state index in [9.17, 15) is 18.0 Å². The molecule has 1 N–H and O–H groups in total. The molecular formula is C23H28N4O4S. The van der Waals surface area contributed by atoms with Crippen molar-refractivity contribution in [2.24, 2.45) is 7.05 Å². The van der Waals surface area contributed by atoms with Crippen molar-refractivity contribution in [1.29, 1.82) is 0 Å². The van der Waals surface area contributed by atoms with Crippen molar-refractivity contribution in [3.05, 3.63) is 75.7 Å². The van der Waals surface area contributed by atoms with Crippen molar-refractivity contribution in [2.75, 3.05) is 15.9 Å². The molecule has 0 aliphatic heterocycles. The average molecular weight is 457 g/mol. The Balaban J connectivity index is 1.99. The Bertz CT molecular complexity index is 1320. The molecular weight excluding hydrogens is 428 g/mol. The van der Waals surface area contributed by atoms with Crippen molar-refractivity contribution in [3.8, 4) is 5.69 Å². The Morgan fingerprint density at radius 2 is 1.66 bits per heavy atom. The van der Waals surface area contributed by atoms with Gasteiger partial charge in [-0.25, -0.2) is 13.1 Å². The Morgan fingerprint density at radius 1 is 1.03 bits per heavy atom. The van der Waals surface area contributed by atoms with Gasteiger partial charge in [0.25, 0.3) is 5.56 Å². The first kappa shape index (κ1) is 23.3. The second kappa shape index (κ2) is 8.66. The normalized spacial score (nSPS) is 12.4. The van der Waals surface area contributed by atoms with Gasteiger partial charge in [0, 0.05) is 7.05 Å². The maximum Gasteiger partial charge on any atom is 0.295 e. The number of anilines is 2. The third-order valence-corrected chi connectivity index (χ3v) is 6.88. The minimum absolute atomic E-state index is 0.113. The fraction of sp³-hybridized carbons (Fsp3) is 0.304. The third kappa shape index (κ3) is 4.34. The van der Waals surface area contributed by atoms with Crippen LogP contribution in [-0.4, -0.2) is 36.0 Å². The third-order valence-electron chi connectivity index (χ3n) is 5.64. The molecule has 8 nitrogen and oxygen atoms in total. The van der Waals surface area contributed by atoms with E-state index >= 15 is 0 Å². The number of benzene rings is 2. The summed E-state index contributed by atoms with van der Waals surface area (Å²) in [6.07, 6.45) is 1.06. The number of para-hydroxylation sites is 1. The van der Waals surface area contributed by atoms with Gasteiger partial charge in [-0.3, -0.25) is 18.6 Å². The molecule has 0 fully saturated rings. The van der Waals surface area contributed by atoms with E-state index in [4.69, 9.17) is 0 Å². The molecule has 2 aromatic carbocycles. The number of carbonyl (C=O) groups is 1. The summed E-state index contributed by atoms with van der Waals surface area (Å²) in [4.78, 5) is 26.2. The van der Waals surface area contributed by atoms with Gasteiger partial charge >= 0.3 is 0 Å². The van der Waals surface area contributed by atoms with Crippen LogP contribution >= 0.6 is 0 Å². The van der Waals surface area contributed by atoms with E-state index in [1.807, 2.05) is 38.1 Å². The molecule has 1 atom stereocenters. The van der Waals surface area contributed by atoms with Crippen molar-refractivity contribution in [2.45, 2.75) is 33.7 Å². The number of carbonyl (C=O) groups excluding carboxylic acids is 1. The highest BCUT2D eigenvalue weighted by Crippen LogP contribution is 2.24. The lowest BCUT2D eigenvalue weighted by atomic mass is 10.1. The first-order chi connectivity index (χ1) is 14.9. The number of nitrogens with zero attached hydrogens (tertiary/aromatic N) is 3. The molecule has 3 rings (SSSR count). The molecule has 9 heteroatoms. The molecule has 0 saturated heterocycles. The zero-order valence-corrected chi connectivity index (χ0v) is 19.9. The van der Waals surface area contributed by atoms with Gasteiger partial charge in [-0.05, 0) is 63.1 Å². The molecule has 32 heavy (non-hydrogen) atoms. The summed E-state index contributed by atoms with van der Waals surface area (Å²) in [6, 6.07) is 13.2. The summed E-state index contributed by atoms with van der Waals surface area (Å²) in [5.41, 5.74) is 3.25. The van der Waals surface area contributed by atoms with Crippen LogP contribution < -0.4 is 15.2 Å². The number of rotatable bonds is 6. The van der Waals surface area contributed by atoms with Gasteiger partial charge in [-0.15, -0.1) is 0 Å². The van der Waals surface area contributed by atoms with Crippen LogP contribution in [0.25, 0.3) is 5.69 Å². The number of hydrogen-bond acceptors (Lipinski definition) is 4. The predicted molar refractivity (Wildman–Crippen MR) is 127 cm³/mol. The van der Waals surface area contributed by atoms with Gasteiger partial charge in [0.2, 0.25) is 15.9 Å². The van der Waals surface area contributed by atoms with Crippen LogP contribution in [0.15, 0.2) is 53.3 Å². The molecule has 0 saturated carbocycles. The number of hydrogen-bond donors (Lipinski definition) is 1. The molecule has 0 aliphatic carbocycles. The molecule has 170 valence electrons. The lowest BCUT2D eigenvalue weighted by Crippen LogP contribution is -2.46. The van der Waals surface area contributed by atoms with Gasteiger partial charge in [0.1, 0.15) is 11.7 Å². The standard InChI is InChI=1S/C23H28N4O4S/c1-15-12-13-20(14-16(15)2)27(32(6,30)31)18(4)22(28)24-21-17(3)25(5)26(23(21)29)19-10-8-7-9-11-19/h7-14,18H,1-6H3,(H,24,28)/t18-/m1/s1. The number of nitrogens with one attached hydrogen (secondary N) is 1. The Labute approximate surface area is 188 Å². The van der Waals surface area contributed by atoms with Gasteiger partial charge in [0.15, 0.2) is 0 Å². The quantitative estimate of drug-likeness (QED) is 0.617. The largest absolute Gasteiger partial charge is 0.318 e. The van der Waals surface area contributed by atoms with E-state index in [0.29, 0.717) is 17.1 Å². The number of sulfonamides is 1. The first-order valence-electron chi connectivity index (χ1n) is 10.1. The fourth-order valence-electron chi connectivity index (χ4n) is 3.61. The molecule has 3 aromatic rings. The summed E-state index contributed by atoms with van der Waals surface area (Å²) in [7, 11) is -2.04. The monoisotopic (exact) mass is 456 g/mol. The van der Waals surface area contributed by atoms with E-state index in [1.54, 1.807) is 42.9 Å². The van der Waals surface area contributed by atoms with E-state index in [1.165, 1.54) is 11.6 Å². The van der Waals surface area contributed by atoms with Crippen LogP contribution in [0.1, 0.15) is 23.7 Å². The number of aryl methyl sites for hydroxylation is 2. The van der Waals surface area contributed by atoms with E-state index in [2.05, 4.69) is 5.32 Å². The maximum absolute atomic E-state index is 13.1. The molecule has 1 aromatic heterocycles. The summed E-state index contributed by atoms with van der Waals surface area (Å²) >= 11 is 0. The first-order valence-corrected chi connectivity index (χ1v) is 12.0. The Kier molecular flexibility index (Phi) is 6.32. The van der Waals surface area contributed by atoms with Gasteiger partial charge in [-0.1, -0.05) is 24.3 Å². The minimum Gasteiger partial charge on any atom is -0.318 e. The molecule has 0 spiro atoms. The second-order valence-electron chi connectivity index (χ2n) is 7.93. The predicted octanol–water partition coefficient (Wildman–Crippen LogP) is 2.89. The van der Waals surface area contributed by atoms with E-state index in [-0.39, 0.29) is 5.69 Å². The van der Waals surface area contributed by atoms with E-state index in [0.717, 1.165) is 21.7 Å². The van der Waals surface area contributed by atoms with Crippen LogP contribution in [0.3, 0.4) is 0 Å². The van der Waals surface area contributed by atoms with Crippen molar-refractivity contribution < 1.29 is 13.2 Å². The average Bonchev–Trinajstić information content (AvgIpc) is 2.93. The zero-order chi connectivity index (χ0) is 23.8. The number of amides is 1. The van der Waals surface area contributed by atoms with Crippen LogP contribution in [-0.2, 0) is 21.9 Å². The number of aromatic nitrogens is 2. The summed E-state index contributed by atoms with van der Waals surface area (Å²) in [6.45, 7) is 7.03. The lowest BCUT2D eigenvalue weighted by Gasteiger charge is -2.28. The van der Waals surface area contributed by atoms with Gasteiger partial charge in [0.05, 0.1) is 23.3 Å². The van der Waals surface area contributed by atoms with Gasteiger partial charge in [-0.2, -0.15) is 0 Å². The highest BCUT2D eigenvalue weighted by Gasteiger charge is 2.31. The topological polar surface area (TPSA) is 93.4 Å². The fourth-order valence-corrected chi connectivity index (χ4v) is 4.78. The maximum atomic E-state index is 13.1. The second-order valence-corrected chi connectivity index (χ2v) is 9.79. The summed E-state index contributed by atoms with van der Waals surface area (Å²) < 4.78 is 29.3. The molecule has 1 amide bonds. The van der Waals surface area contributed by atoms with Crippen LogP contribution in [0.2, 0.25) is 0 Å². The minimum atomic E-state index is -3.77. The highest BCUT2D eigenvalue weighted by molar-refractivity contribution is 7.92. The Morgan fingerprint density at radius 3 is 2.22 bits per heavy atom. The molecule has 1 heterocycles. The highest BCUT2D eigenvalue weighted by atomic mass is 32.2. The van der Waals surface area contributed by atoms with Crippen molar-refractivity contribution in [3.63, 3.8) is 0 Å². The summed E-state index contributed by atoms with van der Waals surface area (Å²) in [5.74, 6) is -0.598.